The van der Waals surface area contributed by atoms with Gasteiger partial charge in [-0.1, -0.05) is 29.0 Å². The van der Waals surface area contributed by atoms with Crippen LogP contribution in [0.3, 0.4) is 0 Å². The van der Waals surface area contributed by atoms with Crippen molar-refractivity contribution in [3.05, 3.63) is 46.6 Å². The van der Waals surface area contributed by atoms with Gasteiger partial charge in [-0.3, -0.25) is 9.59 Å². The summed E-state index contributed by atoms with van der Waals surface area (Å²) >= 11 is 7.14. The molecule has 4 rings (SSSR count). The van der Waals surface area contributed by atoms with E-state index in [1.165, 1.54) is 29.7 Å². The first kappa shape index (κ1) is 22.3. The monoisotopic (exact) mass is 475 g/mol. The highest BCUT2D eigenvalue weighted by Crippen LogP contribution is 2.28. The summed E-state index contributed by atoms with van der Waals surface area (Å²) in [6.45, 7) is 1.12. The van der Waals surface area contributed by atoms with Crippen molar-refractivity contribution in [2.75, 3.05) is 39.1 Å². The number of nitrogens with two attached hydrogens (primary N) is 1. The largest absolute Gasteiger partial charge is 0.474 e. The lowest BCUT2D eigenvalue weighted by Gasteiger charge is -2.40. The van der Waals surface area contributed by atoms with Gasteiger partial charge in [0.25, 0.3) is 5.91 Å². The summed E-state index contributed by atoms with van der Waals surface area (Å²) in [6.07, 6.45) is 1.41. The summed E-state index contributed by atoms with van der Waals surface area (Å²) in [5.41, 5.74) is 7.52. The Labute approximate surface area is 193 Å². The van der Waals surface area contributed by atoms with Crippen LogP contribution in [0.15, 0.2) is 36.7 Å². The Balaban J connectivity index is 1.44. The van der Waals surface area contributed by atoms with Gasteiger partial charge in [0.1, 0.15) is 18.2 Å². The van der Waals surface area contributed by atoms with Gasteiger partial charge < -0.3 is 25.0 Å². The molecule has 3 aromatic rings. The van der Waals surface area contributed by atoms with Gasteiger partial charge in [-0.15, -0.1) is 0 Å². The zero-order valence-electron chi connectivity index (χ0n) is 17.4. The number of hydrogen-bond acceptors (Lipinski definition) is 8. The lowest BCUT2D eigenvalue weighted by atomic mass is 10.1. The normalized spacial score (nSPS) is 16.6. The van der Waals surface area contributed by atoms with Gasteiger partial charge in [-0.2, -0.15) is 0 Å². The fraction of sp³-hybridized carbons (Fsp3) is 0.333. The zero-order valence-corrected chi connectivity index (χ0v) is 18.9. The Morgan fingerprint density at radius 1 is 1.28 bits per heavy atom. The molecule has 11 heteroatoms. The molecule has 0 bridgehead atoms. The van der Waals surface area contributed by atoms with E-state index >= 15 is 0 Å². The number of rotatable bonds is 7. The third-order valence-corrected chi connectivity index (χ3v) is 6.36. The van der Waals surface area contributed by atoms with E-state index in [1.54, 1.807) is 17.0 Å². The van der Waals surface area contributed by atoms with Gasteiger partial charge >= 0.3 is 0 Å². The van der Waals surface area contributed by atoms with Gasteiger partial charge in [0.15, 0.2) is 11.7 Å². The molecule has 0 unspecified atom stereocenters. The van der Waals surface area contributed by atoms with E-state index in [4.69, 9.17) is 26.8 Å². The number of aromatic nitrogens is 2. The molecule has 168 valence electrons. The molecule has 3 heterocycles. The number of benzene rings is 1. The van der Waals surface area contributed by atoms with Crippen LogP contribution in [-0.2, 0) is 20.9 Å². The predicted molar refractivity (Wildman–Crippen MR) is 122 cm³/mol. The van der Waals surface area contributed by atoms with Crippen LogP contribution in [0, 0.1) is 0 Å². The van der Waals surface area contributed by atoms with E-state index in [2.05, 4.69) is 9.97 Å². The number of ether oxygens (including phenoxy) is 2. The number of nitrogen functional groups attached to an aromatic ring is 1. The maximum absolute atomic E-state index is 13.2. The van der Waals surface area contributed by atoms with E-state index in [-0.39, 0.29) is 25.0 Å². The highest BCUT2D eigenvalue weighted by molar-refractivity contribution is 7.17. The molecule has 2 aromatic heterocycles. The molecule has 9 nitrogen and oxygen atoms in total. The van der Waals surface area contributed by atoms with Crippen LogP contribution >= 0.6 is 22.9 Å². The van der Waals surface area contributed by atoms with Crippen molar-refractivity contribution in [3.8, 4) is 5.06 Å². The second kappa shape index (κ2) is 9.68. The van der Waals surface area contributed by atoms with Crippen LogP contribution in [0.2, 0.25) is 4.34 Å². The first-order valence-electron chi connectivity index (χ1n) is 9.90. The number of amides is 2. The first-order valence-corrected chi connectivity index (χ1v) is 11.1. The molecular weight excluding hydrogens is 454 g/mol. The molecule has 1 aromatic carbocycles. The Morgan fingerprint density at radius 3 is 2.88 bits per heavy atom. The topological polar surface area (TPSA) is 111 Å². The van der Waals surface area contributed by atoms with E-state index in [9.17, 15) is 9.59 Å². The van der Waals surface area contributed by atoms with Gasteiger partial charge in [0.2, 0.25) is 5.91 Å². The van der Waals surface area contributed by atoms with Crippen molar-refractivity contribution >= 4 is 51.5 Å². The van der Waals surface area contributed by atoms with Crippen molar-refractivity contribution in [2.24, 2.45) is 0 Å². The van der Waals surface area contributed by atoms with Gasteiger partial charge in [0.05, 0.1) is 16.5 Å². The van der Waals surface area contributed by atoms with Gasteiger partial charge in [-0.25, -0.2) is 9.97 Å². The summed E-state index contributed by atoms with van der Waals surface area (Å²) in [6, 6.07) is 8.34. The minimum absolute atomic E-state index is 0.105. The van der Waals surface area contributed by atoms with Crippen molar-refractivity contribution in [1.29, 1.82) is 0 Å². The number of anilines is 1. The van der Waals surface area contributed by atoms with Crippen molar-refractivity contribution in [3.63, 3.8) is 0 Å². The smallest absolute Gasteiger partial charge is 0.261 e. The fourth-order valence-corrected chi connectivity index (χ4v) is 4.52. The number of hydrogen-bond donors (Lipinski definition) is 1. The van der Waals surface area contributed by atoms with Gasteiger partial charge in [0, 0.05) is 32.1 Å². The lowest BCUT2D eigenvalue weighted by molar-refractivity contribution is -0.155. The van der Waals surface area contributed by atoms with Crippen LogP contribution in [0.1, 0.15) is 5.56 Å². The third-order valence-electron chi connectivity index (χ3n) is 5.22. The standard InChI is InChI=1S/C21H22ClN5O4S/c1-30-10-16-21(29)26(9-13-2-3-14-15(8-13)24-12-25-20(14)23)6-7-27(16)18(28)11-31-19-5-4-17(22)32-19/h2-5,8,12,16H,6-7,9-11H2,1H3,(H2,23,24,25)/t16-/m1/s1. The lowest BCUT2D eigenvalue weighted by Crippen LogP contribution is -2.60. The second-order valence-electron chi connectivity index (χ2n) is 7.28. The third kappa shape index (κ3) is 4.77. The summed E-state index contributed by atoms with van der Waals surface area (Å²) in [5.74, 6) is -0.0349. The highest BCUT2D eigenvalue weighted by atomic mass is 35.5. The molecule has 32 heavy (non-hydrogen) atoms. The molecule has 1 atom stereocenters. The fourth-order valence-electron chi connectivity index (χ4n) is 3.65. The molecule has 0 spiro atoms. The molecule has 1 fully saturated rings. The molecule has 2 amide bonds. The Hall–Kier alpha value is -2.95. The number of methoxy groups -OCH3 is 1. The molecule has 0 radical (unpaired) electrons. The summed E-state index contributed by atoms with van der Waals surface area (Å²) < 4.78 is 11.4. The number of piperazine rings is 1. The van der Waals surface area contributed by atoms with Crippen LogP contribution in [0.4, 0.5) is 5.82 Å². The van der Waals surface area contributed by atoms with E-state index in [1.807, 2.05) is 18.2 Å². The van der Waals surface area contributed by atoms with Crippen LogP contribution in [-0.4, -0.2) is 71.0 Å². The minimum Gasteiger partial charge on any atom is -0.474 e. The molecular formula is C21H22ClN5O4S. The number of carbonyl (C=O) groups is 2. The Morgan fingerprint density at radius 2 is 2.12 bits per heavy atom. The Bertz CT molecular complexity index is 1140. The first-order chi connectivity index (χ1) is 15.5. The quantitative estimate of drug-likeness (QED) is 0.557. The minimum atomic E-state index is -0.713. The molecule has 0 saturated carbocycles. The summed E-state index contributed by atoms with van der Waals surface area (Å²) in [4.78, 5) is 37.4. The molecule has 1 aliphatic heterocycles. The van der Waals surface area contributed by atoms with E-state index in [0.717, 1.165) is 16.5 Å². The Kier molecular flexibility index (Phi) is 6.73. The van der Waals surface area contributed by atoms with Crippen LogP contribution in [0.25, 0.3) is 10.9 Å². The number of halogens is 1. The molecule has 2 N–H and O–H groups in total. The van der Waals surface area contributed by atoms with Crippen LogP contribution < -0.4 is 10.5 Å². The average molecular weight is 476 g/mol. The maximum Gasteiger partial charge on any atom is 0.261 e. The highest BCUT2D eigenvalue weighted by Gasteiger charge is 2.37. The molecule has 0 aliphatic carbocycles. The number of nitrogens with zero attached hydrogens (tertiary/aromatic N) is 4. The number of fused-ring (bicyclic) bond motifs is 1. The predicted octanol–water partition coefficient (Wildman–Crippen LogP) is 2.19. The van der Waals surface area contributed by atoms with E-state index in [0.29, 0.717) is 34.9 Å². The summed E-state index contributed by atoms with van der Waals surface area (Å²) in [7, 11) is 1.51. The average Bonchev–Trinajstić information content (AvgIpc) is 3.20. The van der Waals surface area contributed by atoms with Crippen molar-refractivity contribution in [1.82, 2.24) is 19.8 Å². The second-order valence-corrected chi connectivity index (χ2v) is 8.95. The molecule has 1 saturated heterocycles. The maximum atomic E-state index is 13.2. The van der Waals surface area contributed by atoms with Gasteiger partial charge in [-0.05, 0) is 29.8 Å². The number of carbonyl (C=O) groups excluding carboxylic acids is 2. The molecule has 1 aliphatic rings. The number of thiophene rings is 1. The van der Waals surface area contributed by atoms with Crippen molar-refractivity contribution in [2.45, 2.75) is 12.6 Å². The zero-order chi connectivity index (χ0) is 22.7. The summed E-state index contributed by atoms with van der Waals surface area (Å²) in [5, 5.41) is 1.32. The van der Waals surface area contributed by atoms with Crippen LogP contribution in [0.5, 0.6) is 5.06 Å². The van der Waals surface area contributed by atoms with E-state index < -0.39 is 6.04 Å². The SMILES string of the molecule is COC[C@@H]1C(=O)N(Cc2ccc3c(N)ncnc3c2)CCN1C(=O)COc1ccc(Cl)s1. The van der Waals surface area contributed by atoms with Crippen molar-refractivity contribution < 1.29 is 19.1 Å².